The van der Waals surface area contributed by atoms with Crippen LogP contribution in [0.5, 0.6) is 0 Å². The number of likely N-dealkylation sites (N-methyl/N-ethyl adjacent to an activating group) is 1. The molecule has 6 heteroatoms. The molecule has 0 aliphatic heterocycles. The number of aromatic nitrogens is 2. The lowest BCUT2D eigenvalue weighted by Crippen LogP contribution is -2.16. The third-order valence-electron chi connectivity index (χ3n) is 2.40. The second-order valence-corrected chi connectivity index (χ2v) is 4.59. The van der Waals surface area contributed by atoms with Crippen LogP contribution in [0.3, 0.4) is 0 Å². The molecule has 0 atom stereocenters. The van der Waals surface area contributed by atoms with Gasteiger partial charge in [0.15, 0.2) is 0 Å². The van der Waals surface area contributed by atoms with Crippen molar-refractivity contribution in [3.63, 3.8) is 0 Å². The molecule has 1 N–H and O–H groups in total. The summed E-state index contributed by atoms with van der Waals surface area (Å²) >= 11 is 3.13. The second-order valence-electron chi connectivity index (χ2n) is 3.73. The number of hydrogen-bond acceptors (Lipinski definition) is 4. The molecule has 2 aromatic rings. The van der Waals surface area contributed by atoms with E-state index in [0.29, 0.717) is 28.2 Å². The van der Waals surface area contributed by atoms with E-state index in [1.807, 2.05) is 6.92 Å². The van der Waals surface area contributed by atoms with Crippen LogP contribution in [0.25, 0.3) is 11.5 Å². The SMILES string of the molecule is CCNCCc1nnc(-c2ccc(F)c(Br)c2)o1. The first-order valence-corrected chi connectivity index (χ1v) is 6.48. The summed E-state index contributed by atoms with van der Waals surface area (Å²) in [6.07, 6.45) is 0.684. The van der Waals surface area contributed by atoms with Crippen molar-refractivity contribution in [2.45, 2.75) is 13.3 Å². The topological polar surface area (TPSA) is 51.0 Å². The molecule has 0 fully saturated rings. The fourth-order valence-electron chi connectivity index (χ4n) is 1.47. The minimum Gasteiger partial charge on any atom is -0.421 e. The molecule has 0 aliphatic rings. The molecule has 0 amide bonds. The van der Waals surface area contributed by atoms with Crippen molar-refractivity contribution < 1.29 is 8.81 Å². The number of nitrogens with one attached hydrogen (secondary N) is 1. The van der Waals surface area contributed by atoms with Crippen LogP contribution < -0.4 is 5.32 Å². The molecule has 1 heterocycles. The molecule has 4 nitrogen and oxygen atoms in total. The van der Waals surface area contributed by atoms with Gasteiger partial charge in [0.25, 0.3) is 0 Å². The second kappa shape index (κ2) is 6.06. The van der Waals surface area contributed by atoms with Crippen LogP contribution in [0.1, 0.15) is 12.8 Å². The Kier molecular flexibility index (Phi) is 4.43. The maximum absolute atomic E-state index is 13.1. The number of halogens is 2. The summed E-state index contributed by atoms with van der Waals surface area (Å²) in [5.41, 5.74) is 0.700. The monoisotopic (exact) mass is 313 g/mol. The first-order valence-electron chi connectivity index (χ1n) is 5.69. The van der Waals surface area contributed by atoms with E-state index < -0.39 is 0 Å². The largest absolute Gasteiger partial charge is 0.421 e. The lowest BCUT2D eigenvalue weighted by atomic mass is 10.2. The van der Waals surface area contributed by atoms with E-state index >= 15 is 0 Å². The van der Waals surface area contributed by atoms with Crippen molar-refractivity contribution in [2.75, 3.05) is 13.1 Å². The molecule has 18 heavy (non-hydrogen) atoms. The lowest BCUT2D eigenvalue weighted by Gasteiger charge is -1.98. The highest BCUT2D eigenvalue weighted by Gasteiger charge is 2.10. The third kappa shape index (κ3) is 3.14. The van der Waals surface area contributed by atoms with Gasteiger partial charge in [0, 0.05) is 18.5 Å². The van der Waals surface area contributed by atoms with Crippen molar-refractivity contribution >= 4 is 15.9 Å². The van der Waals surface area contributed by atoms with Gasteiger partial charge in [-0.3, -0.25) is 0 Å². The Morgan fingerprint density at radius 1 is 1.39 bits per heavy atom. The first kappa shape index (κ1) is 13.2. The lowest BCUT2D eigenvalue weighted by molar-refractivity contribution is 0.496. The third-order valence-corrected chi connectivity index (χ3v) is 3.01. The average molecular weight is 314 g/mol. The molecule has 0 saturated heterocycles. The smallest absolute Gasteiger partial charge is 0.247 e. The van der Waals surface area contributed by atoms with E-state index in [1.54, 1.807) is 12.1 Å². The van der Waals surface area contributed by atoms with Crippen LogP contribution in [-0.4, -0.2) is 23.3 Å². The minimum atomic E-state index is -0.314. The molecule has 2 rings (SSSR count). The van der Waals surface area contributed by atoms with Gasteiger partial charge in [-0.1, -0.05) is 6.92 Å². The Balaban J connectivity index is 2.11. The first-order chi connectivity index (χ1) is 8.70. The molecular formula is C12H13BrFN3O. The van der Waals surface area contributed by atoms with E-state index in [4.69, 9.17) is 4.42 Å². The molecule has 0 aliphatic carbocycles. The van der Waals surface area contributed by atoms with Gasteiger partial charge < -0.3 is 9.73 Å². The van der Waals surface area contributed by atoms with Crippen LogP contribution in [0.15, 0.2) is 27.1 Å². The van der Waals surface area contributed by atoms with Gasteiger partial charge in [-0.15, -0.1) is 10.2 Å². The normalized spacial score (nSPS) is 10.8. The molecular weight excluding hydrogens is 301 g/mol. The van der Waals surface area contributed by atoms with Gasteiger partial charge in [0.05, 0.1) is 4.47 Å². The Labute approximate surface area is 113 Å². The summed E-state index contributed by atoms with van der Waals surface area (Å²) in [6.45, 7) is 3.74. The van der Waals surface area contributed by atoms with Gasteiger partial charge in [0.1, 0.15) is 5.82 Å². The molecule has 0 bridgehead atoms. The van der Waals surface area contributed by atoms with Crippen LogP contribution in [0.2, 0.25) is 0 Å². The van der Waals surface area contributed by atoms with Gasteiger partial charge >= 0.3 is 0 Å². The molecule has 0 radical (unpaired) electrons. The zero-order valence-corrected chi connectivity index (χ0v) is 11.5. The summed E-state index contributed by atoms with van der Waals surface area (Å²) < 4.78 is 19.0. The zero-order chi connectivity index (χ0) is 13.0. The maximum Gasteiger partial charge on any atom is 0.247 e. The minimum absolute atomic E-state index is 0.314. The van der Waals surface area contributed by atoms with Gasteiger partial charge in [-0.25, -0.2) is 4.39 Å². The quantitative estimate of drug-likeness (QED) is 0.862. The highest BCUT2D eigenvalue weighted by Crippen LogP contribution is 2.24. The molecule has 0 unspecified atom stereocenters. The van der Waals surface area contributed by atoms with Gasteiger partial charge in [-0.2, -0.15) is 0 Å². The Hall–Kier alpha value is -1.27. The molecule has 1 aromatic carbocycles. The van der Waals surface area contributed by atoms with Crippen LogP contribution >= 0.6 is 15.9 Å². The standard InChI is InChI=1S/C12H13BrFN3O/c1-2-15-6-5-11-16-17-12(18-11)8-3-4-10(14)9(13)7-8/h3-4,7,15H,2,5-6H2,1H3. The zero-order valence-electron chi connectivity index (χ0n) is 9.91. The number of rotatable bonds is 5. The molecule has 0 saturated carbocycles. The van der Waals surface area contributed by atoms with Crippen LogP contribution in [0, 0.1) is 5.82 Å². The number of hydrogen-bond donors (Lipinski definition) is 1. The Morgan fingerprint density at radius 2 is 2.22 bits per heavy atom. The number of benzene rings is 1. The van der Waals surface area contributed by atoms with E-state index in [1.165, 1.54) is 6.07 Å². The van der Waals surface area contributed by atoms with Crippen molar-refractivity contribution in [2.24, 2.45) is 0 Å². The predicted molar refractivity (Wildman–Crippen MR) is 69.6 cm³/mol. The van der Waals surface area contributed by atoms with E-state index in [9.17, 15) is 4.39 Å². The molecule has 96 valence electrons. The summed E-state index contributed by atoms with van der Waals surface area (Å²) in [4.78, 5) is 0. The predicted octanol–water partition coefficient (Wildman–Crippen LogP) is 2.79. The van der Waals surface area contributed by atoms with Crippen molar-refractivity contribution in [3.8, 4) is 11.5 Å². The number of nitrogens with zero attached hydrogens (tertiary/aromatic N) is 2. The highest BCUT2D eigenvalue weighted by atomic mass is 79.9. The highest BCUT2D eigenvalue weighted by molar-refractivity contribution is 9.10. The van der Waals surface area contributed by atoms with Gasteiger partial charge in [-0.05, 0) is 40.7 Å². The summed E-state index contributed by atoms with van der Waals surface area (Å²) in [7, 11) is 0. The molecule has 0 spiro atoms. The Morgan fingerprint density at radius 3 is 2.94 bits per heavy atom. The van der Waals surface area contributed by atoms with Crippen LogP contribution in [-0.2, 0) is 6.42 Å². The van der Waals surface area contributed by atoms with Crippen molar-refractivity contribution in [3.05, 3.63) is 34.4 Å². The fraction of sp³-hybridized carbons (Fsp3) is 0.333. The van der Waals surface area contributed by atoms with Crippen molar-refractivity contribution in [1.29, 1.82) is 0 Å². The molecule has 1 aromatic heterocycles. The Bertz CT molecular complexity index is 530. The van der Waals surface area contributed by atoms with E-state index in [2.05, 4.69) is 31.4 Å². The summed E-state index contributed by atoms with van der Waals surface area (Å²) in [6, 6.07) is 4.60. The summed E-state index contributed by atoms with van der Waals surface area (Å²) in [5.74, 6) is 0.666. The average Bonchev–Trinajstić information content (AvgIpc) is 2.82. The summed E-state index contributed by atoms with van der Waals surface area (Å²) in [5, 5.41) is 11.1. The fourth-order valence-corrected chi connectivity index (χ4v) is 1.85. The maximum atomic E-state index is 13.1. The van der Waals surface area contributed by atoms with E-state index in [0.717, 1.165) is 13.1 Å². The van der Waals surface area contributed by atoms with Gasteiger partial charge in [0.2, 0.25) is 11.8 Å². The van der Waals surface area contributed by atoms with Crippen molar-refractivity contribution in [1.82, 2.24) is 15.5 Å². The van der Waals surface area contributed by atoms with Crippen LogP contribution in [0.4, 0.5) is 4.39 Å². The van der Waals surface area contributed by atoms with E-state index in [-0.39, 0.29) is 5.82 Å².